The summed E-state index contributed by atoms with van der Waals surface area (Å²) in [4.78, 5) is 20.5. The minimum Gasteiger partial charge on any atom is -0.493 e. The molecule has 1 amide bonds. The molecule has 0 saturated carbocycles. The smallest absolute Gasteiger partial charge is 0.273 e. The zero-order valence-corrected chi connectivity index (χ0v) is 19.7. The summed E-state index contributed by atoms with van der Waals surface area (Å²) < 4.78 is 11.4. The van der Waals surface area contributed by atoms with Crippen LogP contribution in [0.4, 0.5) is 0 Å². The van der Waals surface area contributed by atoms with Crippen molar-refractivity contribution in [2.75, 3.05) is 13.7 Å². The van der Waals surface area contributed by atoms with Gasteiger partial charge in [-0.15, -0.1) is 22.7 Å². The number of ether oxygens (including phenoxy) is 2. The molecule has 1 aromatic carbocycles. The maximum absolute atomic E-state index is 13.0. The summed E-state index contributed by atoms with van der Waals surface area (Å²) in [5, 5.41) is 8.78. The number of carbonyl (C=O) groups excluding carboxylic acids is 1. The topological polar surface area (TPSA) is 51.7 Å². The molecule has 0 atom stereocenters. The molecule has 0 unspecified atom stereocenters. The molecule has 8 heteroatoms. The van der Waals surface area contributed by atoms with Gasteiger partial charge in [0.15, 0.2) is 11.5 Å². The highest BCUT2D eigenvalue weighted by molar-refractivity contribution is 7.14. The fourth-order valence-corrected chi connectivity index (χ4v) is 5.20. The van der Waals surface area contributed by atoms with Gasteiger partial charge in [0.2, 0.25) is 0 Å². The summed E-state index contributed by atoms with van der Waals surface area (Å²) in [5.74, 6) is 1.28. The molecule has 4 aromatic rings. The Morgan fingerprint density at radius 3 is 2.71 bits per heavy atom. The van der Waals surface area contributed by atoms with Crippen molar-refractivity contribution >= 4 is 39.9 Å². The van der Waals surface area contributed by atoms with Gasteiger partial charge in [0.05, 0.1) is 7.11 Å². The SMILES string of the molecule is CCN(Cc1ccc(OCc2cccs2)c(OC)c1)C(=O)c1csc(-c2ccsc2)n1. The number of hydrogen-bond acceptors (Lipinski definition) is 7. The molecule has 0 radical (unpaired) electrons. The van der Waals surface area contributed by atoms with E-state index in [0.29, 0.717) is 36.9 Å². The molecule has 0 spiro atoms. The number of thiophene rings is 2. The molecular formula is C23H22N2O3S3. The highest BCUT2D eigenvalue weighted by atomic mass is 32.1. The fourth-order valence-electron chi connectivity index (χ4n) is 3.07. The van der Waals surface area contributed by atoms with Gasteiger partial charge in [0.25, 0.3) is 5.91 Å². The van der Waals surface area contributed by atoms with Crippen LogP contribution < -0.4 is 9.47 Å². The average molecular weight is 471 g/mol. The van der Waals surface area contributed by atoms with Crippen molar-refractivity contribution in [3.05, 3.63) is 74.1 Å². The van der Waals surface area contributed by atoms with E-state index in [0.717, 1.165) is 21.0 Å². The first-order valence-corrected chi connectivity index (χ1v) is 12.5. The maximum Gasteiger partial charge on any atom is 0.273 e. The number of methoxy groups -OCH3 is 1. The van der Waals surface area contributed by atoms with Gasteiger partial charge in [-0.2, -0.15) is 11.3 Å². The van der Waals surface area contributed by atoms with Crippen LogP contribution in [0.25, 0.3) is 10.6 Å². The molecule has 31 heavy (non-hydrogen) atoms. The minimum atomic E-state index is -0.0720. The number of thiazole rings is 1. The van der Waals surface area contributed by atoms with Crippen molar-refractivity contribution in [2.45, 2.75) is 20.1 Å². The van der Waals surface area contributed by atoms with E-state index in [9.17, 15) is 4.79 Å². The Labute approximate surface area is 193 Å². The lowest BCUT2D eigenvalue weighted by Crippen LogP contribution is -2.30. The standard InChI is InChI=1S/C23H22N2O3S3/c1-3-25(23(26)19-15-31-22(24-19)17-8-10-29-14-17)12-16-6-7-20(21(11-16)27-2)28-13-18-5-4-9-30-18/h4-11,14-15H,3,12-13H2,1-2H3. The lowest BCUT2D eigenvalue weighted by Gasteiger charge is -2.21. The number of rotatable bonds is 9. The first-order valence-electron chi connectivity index (χ1n) is 9.77. The monoisotopic (exact) mass is 470 g/mol. The molecule has 3 aromatic heterocycles. The molecule has 0 fully saturated rings. The van der Waals surface area contributed by atoms with Crippen LogP contribution in [0.2, 0.25) is 0 Å². The maximum atomic E-state index is 13.0. The molecule has 4 rings (SSSR count). The van der Waals surface area contributed by atoms with Crippen LogP contribution in [0, 0.1) is 0 Å². The Kier molecular flexibility index (Phi) is 7.01. The van der Waals surface area contributed by atoms with Crippen molar-refractivity contribution in [3.63, 3.8) is 0 Å². The Morgan fingerprint density at radius 2 is 2.00 bits per heavy atom. The summed E-state index contributed by atoms with van der Waals surface area (Å²) in [6.45, 7) is 3.54. The van der Waals surface area contributed by atoms with Crippen LogP contribution in [0.15, 0.2) is 57.9 Å². The number of aromatic nitrogens is 1. The lowest BCUT2D eigenvalue weighted by molar-refractivity contribution is 0.0747. The van der Waals surface area contributed by atoms with E-state index in [4.69, 9.17) is 9.47 Å². The van der Waals surface area contributed by atoms with Gasteiger partial charge >= 0.3 is 0 Å². The van der Waals surface area contributed by atoms with Crippen LogP contribution in [0.5, 0.6) is 11.5 Å². The molecule has 5 nitrogen and oxygen atoms in total. The molecule has 0 N–H and O–H groups in total. The van der Waals surface area contributed by atoms with Crippen LogP contribution in [0.1, 0.15) is 27.9 Å². The van der Waals surface area contributed by atoms with Crippen LogP contribution in [0.3, 0.4) is 0 Å². The minimum absolute atomic E-state index is 0.0720. The molecule has 0 aliphatic carbocycles. The summed E-state index contributed by atoms with van der Waals surface area (Å²) in [6, 6.07) is 11.9. The second kappa shape index (κ2) is 10.1. The van der Waals surface area contributed by atoms with Crippen molar-refractivity contribution in [1.82, 2.24) is 9.88 Å². The normalized spacial score (nSPS) is 10.8. The van der Waals surface area contributed by atoms with Gasteiger partial charge in [-0.05, 0) is 47.5 Å². The zero-order chi connectivity index (χ0) is 21.6. The average Bonchev–Trinajstić information content (AvgIpc) is 3.57. The van der Waals surface area contributed by atoms with Crippen molar-refractivity contribution in [3.8, 4) is 22.1 Å². The third kappa shape index (κ3) is 5.15. The van der Waals surface area contributed by atoms with Crippen molar-refractivity contribution < 1.29 is 14.3 Å². The van der Waals surface area contributed by atoms with Gasteiger partial charge in [-0.25, -0.2) is 4.98 Å². The fraction of sp³-hybridized carbons (Fsp3) is 0.217. The second-order valence-corrected chi connectivity index (χ2v) is 9.39. The lowest BCUT2D eigenvalue weighted by atomic mass is 10.1. The van der Waals surface area contributed by atoms with Gasteiger partial charge in [0.1, 0.15) is 17.3 Å². The van der Waals surface area contributed by atoms with Gasteiger partial charge in [0, 0.05) is 34.3 Å². The number of nitrogens with zero attached hydrogens (tertiary/aromatic N) is 2. The Morgan fingerprint density at radius 1 is 1.10 bits per heavy atom. The highest BCUT2D eigenvalue weighted by Gasteiger charge is 2.19. The van der Waals surface area contributed by atoms with E-state index >= 15 is 0 Å². The second-order valence-electron chi connectivity index (χ2n) is 6.72. The molecule has 0 aliphatic heterocycles. The predicted molar refractivity (Wildman–Crippen MR) is 127 cm³/mol. The number of amides is 1. The summed E-state index contributed by atoms with van der Waals surface area (Å²) >= 11 is 4.77. The summed E-state index contributed by atoms with van der Waals surface area (Å²) in [7, 11) is 1.63. The Bertz CT molecular complexity index is 1120. The number of benzene rings is 1. The van der Waals surface area contributed by atoms with Crippen molar-refractivity contribution in [1.29, 1.82) is 0 Å². The van der Waals surface area contributed by atoms with E-state index in [1.54, 1.807) is 34.7 Å². The van der Waals surface area contributed by atoms with E-state index in [1.807, 2.05) is 64.8 Å². The molecule has 3 heterocycles. The van der Waals surface area contributed by atoms with Crippen molar-refractivity contribution in [2.24, 2.45) is 0 Å². The van der Waals surface area contributed by atoms with Gasteiger partial charge in [-0.1, -0.05) is 12.1 Å². The quantitative estimate of drug-likeness (QED) is 0.293. The van der Waals surface area contributed by atoms with E-state index in [1.165, 1.54) is 11.3 Å². The Balaban J connectivity index is 1.45. The highest BCUT2D eigenvalue weighted by Crippen LogP contribution is 2.30. The van der Waals surface area contributed by atoms with Crippen LogP contribution >= 0.6 is 34.0 Å². The Hall–Kier alpha value is -2.68. The molecular weight excluding hydrogens is 448 g/mol. The molecule has 0 aliphatic rings. The van der Waals surface area contributed by atoms with Gasteiger partial charge in [-0.3, -0.25) is 4.79 Å². The van der Waals surface area contributed by atoms with E-state index < -0.39 is 0 Å². The molecule has 0 saturated heterocycles. The predicted octanol–water partition coefficient (Wildman–Crippen LogP) is 6.18. The van der Waals surface area contributed by atoms with E-state index in [-0.39, 0.29) is 5.91 Å². The van der Waals surface area contributed by atoms with Gasteiger partial charge < -0.3 is 14.4 Å². The third-order valence-electron chi connectivity index (χ3n) is 4.71. The summed E-state index contributed by atoms with van der Waals surface area (Å²) in [6.07, 6.45) is 0. The first kappa shape index (κ1) is 21.5. The van der Waals surface area contributed by atoms with Crippen LogP contribution in [-0.4, -0.2) is 29.4 Å². The number of carbonyl (C=O) groups is 1. The largest absolute Gasteiger partial charge is 0.493 e. The summed E-state index contributed by atoms with van der Waals surface area (Å²) in [5.41, 5.74) is 2.51. The molecule has 160 valence electrons. The zero-order valence-electron chi connectivity index (χ0n) is 17.2. The van der Waals surface area contributed by atoms with Crippen LogP contribution in [-0.2, 0) is 13.2 Å². The first-order chi connectivity index (χ1) is 15.2. The van der Waals surface area contributed by atoms with E-state index in [2.05, 4.69) is 4.98 Å². The number of hydrogen-bond donors (Lipinski definition) is 0. The molecule has 0 bridgehead atoms. The third-order valence-corrected chi connectivity index (χ3v) is 7.14.